The molecule has 1 aromatic rings. The second-order valence-electron chi connectivity index (χ2n) is 3.01. The highest BCUT2D eigenvalue weighted by molar-refractivity contribution is 5.72. The molecule has 1 atom stereocenters. The lowest BCUT2D eigenvalue weighted by Gasteiger charge is -2.03. The van der Waals surface area contributed by atoms with Crippen molar-refractivity contribution < 1.29 is 19.4 Å². The summed E-state index contributed by atoms with van der Waals surface area (Å²) in [6.07, 6.45) is -1.60. The number of aromatic hydroxyl groups is 1. The number of rotatable bonds is 4. The molecule has 0 bridgehead atoms. The predicted octanol–water partition coefficient (Wildman–Crippen LogP) is 1.75. The molecule has 2 N–H and O–H groups in total. The maximum absolute atomic E-state index is 12.6. The quantitative estimate of drug-likeness (QED) is 0.774. The van der Waals surface area contributed by atoms with E-state index in [2.05, 4.69) is 0 Å². The third kappa shape index (κ3) is 3.05. The van der Waals surface area contributed by atoms with E-state index in [1.807, 2.05) is 0 Å². The van der Waals surface area contributed by atoms with Crippen LogP contribution in [-0.2, 0) is 11.2 Å². The Hall–Kier alpha value is -1.58. The number of benzene rings is 1. The van der Waals surface area contributed by atoms with Gasteiger partial charge in [0, 0.05) is 0 Å². The van der Waals surface area contributed by atoms with Crippen molar-refractivity contribution in [2.45, 2.75) is 19.0 Å². The average Bonchev–Trinajstić information content (AvgIpc) is 2.14. The molecule has 1 aromatic carbocycles. The Bertz CT molecular complexity index is 325. The molecule has 0 aliphatic heterocycles. The number of carboxylic acids is 1. The largest absolute Gasteiger partial charge is 0.508 e. The van der Waals surface area contributed by atoms with Crippen molar-refractivity contribution in [2.24, 2.45) is 0 Å². The van der Waals surface area contributed by atoms with Gasteiger partial charge in [-0.25, -0.2) is 9.18 Å². The van der Waals surface area contributed by atoms with Crippen LogP contribution in [-0.4, -0.2) is 22.4 Å². The summed E-state index contributed by atoms with van der Waals surface area (Å²) in [5.41, 5.74) is 0.730. The SMILES string of the molecule is O=C(O)C(F)CCc1cccc(O)c1. The lowest BCUT2D eigenvalue weighted by Crippen LogP contribution is -2.14. The Morgan fingerprint density at radius 1 is 1.50 bits per heavy atom. The second kappa shape index (κ2) is 4.60. The van der Waals surface area contributed by atoms with Crippen LogP contribution in [0.1, 0.15) is 12.0 Å². The Kier molecular flexibility index (Phi) is 3.45. The first-order valence-corrected chi connectivity index (χ1v) is 4.24. The van der Waals surface area contributed by atoms with Crippen LogP contribution in [0.4, 0.5) is 4.39 Å². The Morgan fingerprint density at radius 2 is 2.21 bits per heavy atom. The van der Waals surface area contributed by atoms with Crippen LogP contribution in [0, 0.1) is 0 Å². The van der Waals surface area contributed by atoms with Crippen molar-refractivity contribution >= 4 is 5.97 Å². The van der Waals surface area contributed by atoms with Gasteiger partial charge in [0.15, 0.2) is 6.17 Å². The highest BCUT2D eigenvalue weighted by Gasteiger charge is 2.14. The standard InChI is InChI=1S/C10H11FO3/c11-9(10(13)14)5-4-7-2-1-3-8(12)6-7/h1-3,6,9,12H,4-5H2,(H,13,14). The third-order valence-electron chi connectivity index (χ3n) is 1.86. The maximum Gasteiger partial charge on any atom is 0.338 e. The molecule has 0 fully saturated rings. The van der Waals surface area contributed by atoms with Crippen molar-refractivity contribution in [2.75, 3.05) is 0 Å². The molecular weight excluding hydrogens is 187 g/mol. The minimum absolute atomic E-state index is 0.0706. The van der Waals surface area contributed by atoms with Crippen LogP contribution in [0.15, 0.2) is 24.3 Å². The van der Waals surface area contributed by atoms with Crippen LogP contribution >= 0.6 is 0 Å². The lowest BCUT2D eigenvalue weighted by atomic mass is 10.1. The summed E-state index contributed by atoms with van der Waals surface area (Å²) in [6.45, 7) is 0. The van der Waals surface area contributed by atoms with Crippen molar-refractivity contribution in [3.63, 3.8) is 0 Å². The minimum atomic E-state index is -1.84. The van der Waals surface area contributed by atoms with E-state index in [0.29, 0.717) is 6.42 Å². The topological polar surface area (TPSA) is 57.5 Å². The van der Waals surface area contributed by atoms with Gasteiger partial charge in [0.25, 0.3) is 0 Å². The molecule has 76 valence electrons. The van der Waals surface area contributed by atoms with Gasteiger partial charge in [0.05, 0.1) is 0 Å². The van der Waals surface area contributed by atoms with Gasteiger partial charge >= 0.3 is 5.97 Å². The van der Waals surface area contributed by atoms with E-state index in [4.69, 9.17) is 10.2 Å². The van der Waals surface area contributed by atoms with E-state index in [0.717, 1.165) is 5.56 Å². The number of alkyl halides is 1. The molecule has 0 saturated carbocycles. The Balaban J connectivity index is 2.49. The highest BCUT2D eigenvalue weighted by Crippen LogP contribution is 2.13. The van der Waals surface area contributed by atoms with Crippen molar-refractivity contribution in [3.05, 3.63) is 29.8 Å². The lowest BCUT2D eigenvalue weighted by molar-refractivity contribution is -0.142. The van der Waals surface area contributed by atoms with Gasteiger partial charge in [-0.1, -0.05) is 12.1 Å². The number of hydrogen-bond acceptors (Lipinski definition) is 2. The number of carboxylic acid groups (broad SMARTS) is 1. The fraction of sp³-hybridized carbons (Fsp3) is 0.300. The molecule has 3 nitrogen and oxygen atoms in total. The molecule has 1 unspecified atom stereocenters. The normalized spacial score (nSPS) is 12.4. The van der Waals surface area contributed by atoms with Gasteiger partial charge in [0.1, 0.15) is 5.75 Å². The van der Waals surface area contributed by atoms with E-state index < -0.39 is 12.1 Å². The fourth-order valence-electron chi connectivity index (χ4n) is 1.13. The minimum Gasteiger partial charge on any atom is -0.508 e. The van der Waals surface area contributed by atoms with Gasteiger partial charge in [-0.2, -0.15) is 0 Å². The van der Waals surface area contributed by atoms with E-state index >= 15 is 0 Å². The first kappa shape index (κ1) is 10.5. The summed E-state index contributed by atoms with van der Waals surface area (Å²) < 4.78 is 12.6. The zero-order valence-electron chi connectivity index (χ0n) is 7.48. The molecule has 1 rings (SSSR count). The van der Waals surface area contributed by atoms with Gasteiger partial charge in [-0.3, -0.25) is 0 Å². The Labute approximate surface area is 80.8 Å². The van der Waals surface area contributed by atoms with Crippen LogP contribution in [0.3, 0.4) is 0 Å². The number of aryl methyl sites for hydroxylation is 1. The summed E-state index contributed by atoms with van der Waals surface area (Å²) in [4.78, 5) is 10.2. The monoisotopic (exact) mass is 198 g/mol. The molecular formula is C10H11FO3. The van der Waals surface area contributed by atoms with Crippen molar-refractivity contribution in [1.82, 2.24) is 0 Å². The van der Waals surface area contributed by atoms with Crippen LogP contribution in [0.25, 0.3) is 0 Å². The summed E-state index contributed by atoms with van der Waals surface area (Å²) in [5, 5.41) is 17.4. The fourth-order valence-corrected chi connectivity index (χ4v) is 1.13. The summed E-state index contributed by atoms with van der Waals surface area (Å²) in [6, 6.07) is 6.36. The van der Waals surface area contributed by atoms with Gasteiger partial charge in [-0.05, 0) is 30.5 Å². The van der Waals surface area contributed by atoms with E-state index in [9.17, 15) is 9.18 Å². The molecule has 0 saturated heterocycles. The van der Waals surface area contributed by atoms with Gasteiger partial charge in [-0.15, -0.1) is 0 Å². The van der Waals surface area contributed by atoms with Gasteiger partial charge < -0.3 is 10.2 Å². The average molecular weight is 198 g/mol. The smallest absolute Gasteiger partial charge is 0.338 e. The maximum atomic E-state index is 12.6. The summed E-state index contributed by atoms with van der Waals surface area (Å²) in [7, 11) is 0. The number of hydrogen-bond donors (Lipinski definition) is 2. The number of halogens is 1. The van der Waals surface area contributed by atoms with E-state index in [1.54, 1.807) is 12.1 Å². The molecule has 0 aliphatic carbocycles. The first-order valence-electron chi connectivity index (χ1n) is 4.24. The molecule has 14 heavy (non-hydrogen) atoms. The molecule has 0 heterocycles. The molecule has 0 radical (unpaired) electrons. The number of carbonyl (C=O) groups is 1. The number of aliphatic carboxylic acids is 1. The Morgan fingerprint density at radius 3 is 2.79 bits per heavy atom. The number of phenolic OH excluding ortho intramolecular Hbond substituents is 1. The third-order valence-corrected chi connectivity index (χ3v) is 1.86. The predicted molar refractivity (Wildman–Crippen MR) is 49.0 cm³/mol. The first-order chi connectivity index (χ1) is 6.59. The van der Waals surface area contributed by atoms with Crippen LogP contribution in [0.5, 0.6) is 5.75 Å². The van der Waals surface area contributed by atoms with Crippen LogP contribution < -0.4 is 0 Å². The zero-order valence-corrected chi connectivity index (χ0v) is 7.48. The van der Waals surface area contributed by atoms with E-state index in [-0.39, 0.29) is 12.2 Å². The van der Waals surface area contributed by atoms with Gasteiger partial charge in [0.2, 0.25) is 0 Å². The zero-order chi connectivity index (χ0) is 10.6. The van der Waals surface area contributed by atoms with Crippen LogP contribution in [0.2, 0.25) is 0 Å². The second-order valence-corrected chi connectivity index (χ2v) is 3.01. The molecule has 0 spiro atoms. The molecule has 0 amide bonds. The molecule has 0 aliphatic rings. The van der Waals surface area contributed by atoms with Crippen molar-refractivity contribution in [1.29, 1.82) is 0 Å². The molecule has 4 heteroatoms. The number of phenols is 1. The highest BCUT2D eigenvalue weighted by atomic mass is 19.1. The molecule has 0 aromatic heterocycles. The van der Waals surface area contributed by atoms with Crippen molar-refractivity contribution in [3.8, 4) is 5.75 Å². The van der Waals surface area contributed by atoms with E-state index in [1.165, 1.54) is 12.1 Å². The summed E-state index contributed by atoms with van der Waals surface area (Å²) >= 11 is 0. The summed E-state index contributed by atoms with van der Waals surface area (Å²) in [5.74, 6) is -1.33.